The second-order valence-electron chi connectivity index (χ2n) is 0.560. The summed E-state index contributed by atoms with van der Waals surface area (Å²) < 4.78 is 0. The van der Waals surface area contributed by atoms with Crippen molar-refractivity contribution in [2.75, 3.05) is 0 Å². The van der Waals surface area contributed by atoms with Crippen LogP contribution in [0, 0.1) is 0 Å². The molecular formula is CH5N5Na+. The first-order valence-corrected chi connectivity index (χ1v) is 1.16. The minimum Gasteiger partial charge on any atom is -0.344 e. The number of aromatic amines is 1. The van der Waals surface area contributed by atoms with Crippen molar-refractivity contribution in [2.24, 2.45) is 0 Å². The molecule has 1 aromatic rings. The Bertz CT molecular complexity index is 64.6. The summed E-state index contributed by atoms with van der Waals surface area (Å²) in [5.74, 6) is 0. The number of hydrogen-bond donors (Lipinski definition) is 2. The Kier molecular flexibility index (Phi) is 8.70. The Morgan fingerprint density at radius 3 is 2.29 bits per heavy atom. The first-order valence-electron chi connectivity index (χ1n) is 1.16. The van der Waals surface area contributed by atoms with Crippen LogP contribution in [-0.2, 0) is 0 Å². The SMILES string of the molecule is N.[Na+].c1nn[nH]n1. The molecule has 0 aliphatic rings. The standard InChI is InChI=1S/CH2N4.H3N.Na/c1-2-4-5-3-1;;/h1H,(H,2,3,4,5);1H3;/q;;+1. The minimum absolute atomic E-state index is 0. The van der Waals surface area contributed by atoms with Crippen molar-refractivity contribution in [1.29, 1.82) is 0 Å². The average molecular weight is 110 g/mol. The molecule has 0 unspecified atom stereocenters. The predicted octanol–water partition coefficient (Wildman–Crippen LogP) is -3.63. The third-order valence-electron chi connectivity index (χ3n) is 0.270. The van der Waals surface area contributed by atoms with Crippen molar-refractivity contribution < 1.29 is 29.6 Å². The van der Waals surface area contributed by atoms with Gasteiger partial charge in [-0.05, 0) is 0 Å². The maximum absolute atomic E-state index is 3.38. The fraction of sp³-hybridized carbons (Fsp3) is 0. The van der Waals surface area contributed by atoms with Gasteiger partial charge in [0.2, 0.25) is 0 Å². The summed E-state index contributed by atoms with van der Waals surface area (Å²) in [7, 11) is 0. The second kappa shape index (κ2) is 6.03. The average Bonchev–Trinajstić information content (AvgIpc) is 1.76. The van der Waals surface area contributed by atoms with Gasteiger partial charge in [-0.2, -0.15) is 5.21 Å². The number of nitrogens with one attached hydrogen (secondary N) is 1. The zero-order chi connectivity index (χ0) is 3.54. The molecule has 0 amide bonds. The molecule has 4 N–H and O–H groups in total. The molecule has 0 spiro atoms. The van der Waals surface area contributed by atoms with Crippen LogP contribution < -0.4 is 35.7 Å². The van der Waals surface area contributed by atoms with Crippen LogP contribution in [0.1, 0.15) is 0 Å². The van der Waals surface area contributed by atoms with Crippen molar-refractivity contribution in [1.82, 2.24) is 26.8 Å². The summed E-state index contributed by atoms with van der Waals surface area (Å²) in [5.41, 5.74) is 0. The van der Waals surface area contributed by atoms with Gasteiger partial charge >= 0.3 is 29.6 Å². The fourth-order valence-corrected chi connectivity index (χ4v) is 0.129. The summed E-state index contributed by atoms with van der Waals surface area (Å²) in [4.78, 5) is 0. The van der Waals surface area contributed by atoms with Crippen LogP contribution >= 0.6 is 0 Å². The second-order valence-corrected chi connectivity index (χ2v) is 0.560. The number of hydrogen-bond acceptors (Lipinski definition) is 4. The van der Waals surface area contributed by atoms with Crippen LogP contribution in [0.25, 0.3) is 0 Å². The van der Waals surface area contributed by atoms with Crippen molar-refractivity contribution in [3.05, 3.63) is 6.33 Å². The number of aromatic nitrogens is 4. The Morgan fingerprint density at radius 2 is 2.14 bits per heavy atom. The van der Waals surface area contributed by atoms with E-state index in [1.54, 1.807) is 0 Å². The molecule has 0 atom stereocenters. The largest absolute Gasteiger partial charge is 1.00 e. The summed E-state index contributed by atoms with van der Waals surface area (Å²) >= 11 is 0. The van der Waals surface area contributed by atoms with E-state index in [9.17, 15) is 0 Å². The molecule has 6 heteroatoms. The molecular weight excluding hydrogens is 105 g/mol. The summed E-state index contributed by atoms with van der Waals surface area (Å²) in [6.45, 7) is 0. The Hall–Kier alpha value is 0.0300. The van der Waals surface area contributed by atoms with Gasteiger partial charge in [0.05, 0.1) is 0 Å². The van der Waals surface area contributed by atoms with E-state index in [0.717, 1.165) is 0 Å². The smallest absolute Gasteiger partial charge is 0.344 e. The van der Waals surface area contributed by atoms with Gasteiger partial charge < -0.3 is 6.15 Å². The Morgan fingerprint density at radius 1 is 1.43 bits per heavy atom. The molecule has 0 aliphatic carbocycles. The quantitative estimate of drug-likeness (QED) is 0.337. The first-order chi connectivity index (χ1) is 2.50. The van der Waals surface area contributed by atoms with Gasteiger partial charge in [-0.3, -0.25) is 0 Å². The van der Waals surface area contributed by atoms with E-state index in [-0.39, 0.29) is 35.7 Å². The summed E-state index contributed by atoms with van der Waals surface area (Å²) in [6, 6.07) is 0. The molecule has 0 saturated carbocycles. The van der Waals surface area contributed by atoms with E-state index in [1.807, 2.05) is 0 Å². The molecule has 0 aromatic carbocycles. The molecule has 1 aromatic heterocycles. The third-order valence-corrected chi connectivity index (χ3v) is 0.270. The van der Waals surface area contributed by atoms with Crippen molar-refractivity contribution in [3.63, 3.8) is 0 Å². The topological polar surface area (TPSA) is 89.5 Å². The normalized spacial score (nSPS) is 5.71. The molecule has 0 saturated heterocycles. The van der Waals surface area contributed by atoms with E-state index in [1.165, 1.54) is 6.33 Å². The monoisotopic (exact) mass is 110 g/mol. The summed E-state index contributed by atoms with van der Waals surface area (Å²) in [5, 5.41) is 12.2. The fourth-order valence-electron chi connectivity index (χ4n) is 0.129. The molecule has 34 valence electrons. The molecule has 0 bridgehead atoms. The number of nitrogens with zero attached hydrogens (tertiary/aromatic N) is 3. The van der Waals surface area contributed by atoms with E-state index in [2.05, 4.69) is 20.6 Å². The van der Waals surface area contributed by atoms with Crippen molar-refractivity contribution in [3.8, 4) is 0 Å². The van der Waals surface area contributed by atoms with Crippen LogP contribution in [-0.4, -0.2) is 20.6 Å². The zero-order valence-electron chi connectivity index (χ0n) is 4.13. The third kappa shape index (κ3) is 3.87. The van der Waals surface area contributed by atoms with E-state index in [4.69, 9.17) is 0 Å². The van der Waals surface area contributed by atoms with E-state index < -0.39 is 0 Å². The molecule has 0 radical (unpaired) electrons. The van der Waals surface area contributed by atoms with Crippen molar-refractivity contribution >= 4 is 0 Å². The van der Waals surface area contributed by atoms with Gasteiger partial charge in [-0.15, -0.1) is 10.2 Å². The Balaban J connectivity index is 0. The van der Waals surface area contributed by atoms with Gasteiger partial charge in [0.1, 0.15) is 0 Å². The van der Waals surface area contributed by atoms with Crippen LogP contribution in [0.3, 0.4) is 0 Å². The first kappa shape index (κ1) is 10.1. The van der Waals surface area contributed by atoms with Gasteiger partial charge in [0, 0.05) is 0 Å². The van der Waals surface area contributed by atoms with Crippen LogP contribution in [0.2, 0.25) is 0 Å². The molecule has 5 nitrogen and oxygen atoms in total. The summed E-state index contributed by atoms with van der Waals surface area (Å²) in [6.07, 6.45) is 1.33. The maximum atomic E-state index is 3.38. The minimum atomic E-state index is 0. The molecule has 1 rings (SSSR count). The van der Waals surface area contributed by atoms with Gasteiger partial charge in [-0.1, -0.05) is 5.21 Å². The van der Waals surface area contributed by atoms with Crippen LogP contribution in [0.4, 0.5) is 0 Å². The van der Waals surface area contributed by atoms with Gasteiger partial charge in [-0.25, -0.2) is 0 Å². The zero-order valence-corrected chi connectivity index (χ0v) is 6.13. The van der Waals surface area contributed by atoms with E-state index >= 15 is 0 Å². The van der Waals surface area contributed by atoms with Crippen molar-refractivity contribution in [2.45, 2.75) is 0 Å². The number of tetrazole rings is 1. The van der Waals surface area contributed by atoms with Gasteiger partial charge in [0.15, 0.2) is 6.33 Å². The van der Waals surface area contributed by atoms with Crippen LogP contribution in [0.15, 0.2) is 6.33 Å². The maximum Gasteiger partial charge on any atom is 1.00 e. The van der Waals surface area contributed by atoms with Crippen LogP contribution in [0.5, 0.6) is 0 Å². The Labute approximate surface area is 62.8 Å². The molecule has 0 aliphatic heterocycles. The molecule has 7 heavy (non-hydrogen) atoms. The van der Waals surface area contributed by atoms with E-state index in [0.29, 0.717) is 0 Å². The number of H-pyrrole nitrogens is 1. The predicted molar refractivity (Wildman–Crippen MR) is 19.2 cm³/mol. The molecule has 1 heterocycles. The molecule has 0 fully saturated rings. The van der Waals surface area contributed by atoms with Gasteiger partial charge in [0.25, 0.3) is 0 Å². The number of rotatable bonds is 0.